The highest BCUT2D eigenvalue weighted by molar-refractivity contribution is 5.58. The van der Waals surface area contributed by atoms with Crippen LogP contribution >= 0.6 is 0 Å². The minimum absolute atomic E-state index is 0.438. The van der Waals surface area contributed by atoms with Crippen LogP contribution < -0.4 is 9.47 Å². The van der Waals surface area contributed by atoms with Crippen molar-refractivity contribution in [3.63, 3.8) is 0 Å². The Kier molecular flexibility index (Phi) is 5.72. The third kappa shape index (κ3) is 4.08. The molecule has 3 nitrogen and oxygen atoms in total. The molecule has 1 aromatic carbocycles. The van der Waals surface area contributed by atoms with Crippen LogP contribution in [0.2, 0.25) is 0 Å². The van der Waals surface area contributed by atoms with Crippen molar-refractivity contribution < 1.29 is 14.6 Å². The summed E-state index contributed by atoms with van der Waals surface area (Å²) in [5.74, 6) is 1.47. The van der Waals surface area contributed by atoms with Crippen molar-refractivity contribution in [3.8, 4) is 11.5 Å². The van der Waals surface area contributed by atoms with Gasteiger partial charge in [-0.05, 0) is 43.5 Å². The lowest BCUT2D eigenvalue weighted by Crippen LogP contribution is -2.01. The monoisotopic (exact) mass is 250 g/mol. The van der Waals surface area contributed by atoms with E-state index in [2.05, 4.69) is 6.92 Å². The highest BCUT2D eigenvalue weighted by atomic mass is 16.5. The first-order chi connectivity index (χ1) is 8.58. The topological polar surface area (TPSA) is 38.7 Å². The predicted molar refractivity (Wildman–Crippen MR) is 74.1 cm³/mol. The van der Waals surface area contributed by atoms with Gasteiger partial charge in [0, 0.05) is 0 Å². The van der Waals surface area contributed by atoms with Gasteiger partial charge in [0.2, 0.25) is 0 Å². The van der Waals surface area contributed by atoms with Crippen LogP contribution in [0.15, 0.2) is 23.8 Å². The molecule has 1 N–H and O–H groups in total. The molecule has 0 aliphatic heterocycles. The van der Waals surface area contributed by atoms with Crippen molar-refractivity contribution in [2.75, 3.05) is 13.7 Å². The molecule has 0 aliphatic carbocycles. The normalized spacial score (nSPS) is 13.3. The van der Waals surface area contributed by atoms with Crippen molar-refractivity contribution >= 4 is 6.08 Å². The van der Waals surface area contributed by atoms with Crippen LogP contribution in [0.3, 0.4) is 0 Å². The third-order valence-corrected chi connectivity index (χ3v) is 2.70. The fraction of sp³-hybridized carbons (Fsp3) is 0.467. The number of benzene rings is 1. The zero-order valence-electron chi connectivity index (χ0n) is 11.6. The average Bonchev–Trinajstić information content (AvgIpc) is 2.36. The van der Waals surface area contributed by atoms with E-state index in [9.17, 15) is 5.11 Å². The summed E-state index contributed by atoms with van der Waals surface area (Å²) in [5.41, 5.74) is 1.91. The molecule has 0 saturated heterocycles. The van der Waals surface area contributed by atoms with Gasteiger partial charge in [0.1, 0.15) is 0 Å². The minimum Gasteiger partial charge on any atom is -0.493 e. The highest BCUT2D eigenvalue weighted by Crippen LogP contribution is 2.29. The first kappa shape index (κ1) is 14.6. The van der Waals surface area contributed by atoms with Crippen LogP contribution in [0.25, 0.3) is 6.08 Å². The Morgan fingerprint density at radius 1 is 1.39 bits per heavy atom. The Hall–Kier alpha value is -1.48. The van der Waals surface area contributed by atoms with Gasteiger partial charge in [0.05, 0.1) is 19.8 Å². The van der Waals surface area contributed by atoms with Crippen molar-refractivity contribution in [1.29, 1.82) is 0 Å². The molecule has 18 heavy (non-hydrogen) atoms. The summed E-state index contributed by atoms with van der Waals surface area (Å²) in [7, 11) is 1.63. The molecule has 0 aliphatic rings. The Morgan fingerprint density at radius 2 is 2.11 bits per heavy atom. The third-order valence-electron chi connectivity index (χ3n) is 2.70. The van der Waals surface area contributed by atoms with Crippen LogP contribution in [-0.4, -0.2) is 24.9 Å². The van der Waals surface area contributed by atoms with Gasteiger partial charge in [0.25, 0.3) is 0 Å². The summed E-state index contributed by atoms with van der Waals surface area (Å²) in [6, 6.07) is 5.77. The largest absolute Gasteiger partial charge is 0.493 e. The Labute approximate surface area is 109 Å². The summed E-state index contributed by atoms with van der Waals surface area (Å²) in [6.45, 7) is 6.40. The zero-order valence-corrected chi connectivity index (χ0v) is 11.6. The maximum Gasteiger partial charge on any atom is 0.161 e. The molecule has 3 heteroatoms. The zero-order chi connectivity index (χ0) is 13.5. The van der Waals surface area contributed by atoms with Crippen molar-refractivity contribution in [2.24, 2.45) is 0 Å². The molecule has 0 fully saturated rings. The number of rotatable bonds is 6. The predicted octanol–water partition coefficient (Wildman–Crippen LogP) is 3.27. The maximum absolute atomic E-state index is 9.46. The number of methoxy groups -OCH3 is 1. The average molecular weight is 250 g/mol. The van der Waals surface area contributed by atoms with Crippen LogP contribution in [0.4, 0.5) is 0 Å². The van der Waals surface area contributed by atoms with E-state index in [1.54, 1.807) is 14.0 Å². The molecule has 0 radical (unpaired) electrons. The van der Waals surface area contributed by atoms with Gasteiger partial charge in [-0.1, -0.05) is 19.1 Å². The van der Waals surface area contributed by atoms with Crippen molar-refractivity contribution in [3.05, 3.63) is 29.3 Å². The highest BCUT2D eigenvalue weighted by Gasteiger charge is 2.05. The molecule has 0 heterocycles. The molecule has 0 bridgehead atoms. The van der Waals surface area contributed by atoms with Gasteiger partial charge >= 0.3 is 0 Å². The standard InChI is InChI=1S/C15H22O3/c1-5-8-18-14-7-6-13(10-15(14)17-4)9-11(2)12(3)16/h6-7,9-10,12,16H,5,8H2,1-4H3/b11-9-. The number of ether oxygens (including phenoxy) is 2. The van der Waals surface area contributed by atoms with E-state index < -0.39 is 6.10 Å². The van der Waals surface area contributed by atoms with Gasteiger partial charge in [-0.2, -0.15) is 0 Å². The lowest BCUT2D eigenvalue weighted by molar-refractivity contribution is 0.232. The van der Waals surface area contributed by atoms with E-state index in [4.69, 9.17) is 9.47 Å². The second-order valence-corrected chi connectivity index (χ2v) is 4.32. The molecule has 100 valence electrons. The van der Waals surface area contributed by atoms with Crippen LogP contribution in [0.5, 0.6) is 11.5 Å². The summed E-state index contributed by atoms with van der Waals surface area (Å²) >= 11 is 0. The Balaban J connectivity index is 2.94. The van der Waals surface area contributed by atoms with E-state index >= 15 is 0 Å². The minimum atomic E-state index is -0.438. The lowest BCUT2D eigenvalue weighted by atomic mass is 10.1. The maximum atomic E-state index is 9.46. The smallest absolute Gasteiger partial charge is 0.161 e. The number of hydrogen-bond acceptors (Lipinski definition) is 3. The van der Waals surface area contributed by atoms with Gasteiger partial charge in [0.15, 0.2) is 11.5 Å². The summed E-state index contributed by atoms with van der Waals surface area (Å²) in [4.78, 5) is 0. The molecule has 0 amide bonds. The SMILES string of the molecule is CCCOc1ccc(/C=C(/C)C(C)O)cc1OC. The molecule has 1 rings (SSSR count). The van der Waals surface area contributed by atoms with Crippen LogP contribution in [0, 0.1) is 0 Å². The molecule has 1 aromatic rings. The summed E-state index contributed by atoms with van der Waals surface area (Å²) in [5, 5.41) is 9.46. The Bertz CT molecular complexity index is 408. The second kappa shape index (κ2) is 7.07. The molecular formula is C15H22O3. The van der Waals surface area contributed by atoms with E-state index in [0.717, 1.165) is 29.1 Å². The lowest BCUT2D eigenvalue weighted by Gasteiger charge is -2.11. The Morgan fingerprint density at radius 3 is 2.67 bits per heavy atom. The number of aliphatic hydroxyl groups excluding tert-OH is 1. The molecule has 1 unspecified atom stereocenters. The van der Waals surface area contributed by atoms with Crippen LogP contribution in [-0.2, 0) is 0 Å². The first-order valence-corrected chi connectivity index (χ1v) is 6.25. The molecule has 0 aromatic heterocycles. The fourth-order valence-corrected chi connectivity index (χ4v) is 1.49. The summed E-state index contributed by atoms with van der Waals surface area (Å²) in [6.07, 6.45) is 2.47. The van der Waals surface area contributed by atoms with E-state index in [1.807, 2.05) is 31.2 Å². The second-order valence-electron chi connectivity index (χ2n) is 4.32. The molecular weight excluding hydrogens is 228 g/mol. The number of aliphatic hydroxyl groups is 1. The van der Waals surface area contributed by atoms with Gasteiger partial charge in [-0.25, -0.2) is 0 Å². The van der Waals surface area contributed by atoms with Crippen molar-refractivity contribution in [1.82, 2.24) is 0 Å². The molecule has 0 spiro atoms. The van der Waals surface area contributed by atoms with Crippen LogP contribution in [0.1, 0.15) is 32.8 Å². The van der Waals surface area contributed by atoms with E-state index in [1.165, 1.54) is 0 Å². The van der Waals surface area contributed by atoms with E-state index in [-0.39, 0.29) is 0 Å². The van der Waals surface area contributed by atoms with Gasteiger partial charge in [-0.15, -0.1) is 0 Å². The van der Waals surface area contributed by atoms with Gasteiger partial charge < -0.3 is 14.6 Å². The summed E-state index contributed by atoms with van der Waals surface area (Å²) < 4.78 is 10.9. The van der Waals surface area contributed by atoms with Crippen molar-refractivity contribution in [2.45, 2.75) is 33.3 Å². The van der Waals surface area contributed by atoms with E-state index in [0.29, 0.717) is 6.61 Å². The first-order valence-electron chi connectivity index (χ1n) is 6.25. The fourth-order valence-electron chi connectivity index (χ4n) is 1.49. The molecule has 1 atom stereocenters. The molecule has 0 saturated carbocycles. The quantitative estimate of drug-likeness (QED) is 0.842. The van der Waals surface area contributed by atoms with Gasteiger partial charge in [-0.3, -0.25) is 0 Å². The number of hydrogen-bond donors (Lipinski definition) is 1.